The minimum absolute atomic E-state index is 0.143. The van der Waals surface area contributed by atoms with Crippen molar-refractivity contribution in [3.8, 4) is 11.3 Å². The van der Waals surface area contributed by atoms with E-state index in [2.05, 4.69) is 10.4 Å². The number of nitrogens with one attached hydrogen (secondary N) is 1. The van der Waals surface area contributed by atoms with Gasteiger partial charge in [0.2, 0.25) is 5.91 Å². The number of aromatic nitrogens is 2. The zero-order valence-electron chi connectivity index (χ0n) is 14.7. The predicted molar refractivity (Wildman–Crippen MR) is 109 cm³/mol. The van der Waals surface area contributed by atoms with Gasteiger partial charge in [-0.2, -0.15) is 5.10 Å². The van der Waals surface area contributed by atoms with E-state index in [4.69, 9.17) is 11.6 Å². The highest BCUT2D eigenvalue weighted by Gasteiger charge is 2.08. The Bertz CT molecular complexity index is 1000. The van der Waals surface area contributed by atoms with Crippen molar-refractivity contribution in [1.29, 1.82) is 0 Å². The number of hydrogen-bond acceptors (Lipinski definition) is 4. The summed E-state index contributed by atoms with van der Waals surface area (Å²) in [6.07, 6.45) is 2.01. The van der Waals surface area contributed by atoms with Crippen LogP contribution in [0.1, 0.15) is 5.56 Å². The zero-order valence-corrected chi connectivity index (χ0v) is 16.3. The van der Waals surface area contributed by atoms with Crippen LogP contribution in [0.5, 0.6) is 0 Å². The van der Waals surface area contributed by atoms with Crippen molar-refractivity contribution in [1.82, 2.24) is 15.1 Å². The average molecular weight is 400 g/mol. The SMILES string of the molecule is CSc1ccc(-c2ccc(=O)n(CC(=O)NCc3cccc(Cl)c3)n2)cc1. The van der Waals surface area contributed by atoms with E-state index < -0.39 is 0 Å². The van der Waals surface area contributed by atoms with Crippen LogP contribution < -0.4 is 10.9 Å². The number of benzene rings is 2. The van der Waals surface area contributed by atoms with Crippen LogP contribution >= 0.6 is 23.4 Å². The molecule has 0 spiro atoms. The molecule has 0 saturated carbocycles. The van der Waals surface area contributed by atoms with Crippen molar-refractivity contribution in [2.45, 2.75) is 18.0 Å². The van der Waals surface area contributed by atoms with Crippen molar-refractivity contribution < 1.29 is 4.79 Å². The third kappa shape index (κ3) is 5.21. The Kier molecular flexibility index (Phi) is 6.32. The van der Waals surface area contributed by atoms with Crippen LogP contribution in [-0.2, 0) is 17.9 Å². The molecule has 27 heavy (non-hydrogen) atoms. The normalized spacial score (nSPS) is 10.6. The summed E-state index contributed by atoms with van der Waals surface area (Å²) in [5.74, 6) is -0.292. The van der Waals surface area contributed by atoms with Gasteiger partial charge in [-0.1, -0.05) is 35.9 Å². The molecule has 3 aromatic rings. The van der Waals surface area contributed by atoms with Gasteiger partial charge in [0.1, 0.15) is 6.54 Å². The molecule has 0 saturated heterocycles. The molecule has 0 aliphatic rings. The van der Waals surface area contributed by atoms with E-state index in [9.17, 15) is 9.59 Å². The fourth-order valence-corrected chi connectivity index (χ4v) is 3.14. The Balaban J connectivity index is 1.70. The summed E-state index contributed by atoms with van der Waals surface area (Å²) in [5, 5.41) is 7.71. The first-order valence-electron chi connectivity index (χ1n) is 8.29. The maximum atomic E-state index is 12.2. The van der Waals surface area contributed by atoms with E-state index in [1.165, 1.54) is 10.7 Å². The summed E-state index contributed by atoms with van der Waals surface area (Å²) in [6, 6.07) is 18.2. The highest BCUT2D eigenvalue weighted by molar-refractivity contribution is 7.98. The lowest BCUT2D eigenvalue weighted by Crippen LogP contribution is -2.33. The second-order valence-electron chi connectivity index (χ2n) is 5.85. The summed E-state index contributed by atoms with van der Waals surface area (Å²) in [5.41, 5.74) is 2.10. The summed E-state index contributed by atoms with van der Waals surface area (Å²) in [6.45, 7) is 0.195. The van der Waals surface area contributed by atoms with E-state index in [0.717, 1.165) is 16.0 Å². The quantitative estimate of drug-likeness (QED) is 0.643. The number of halogens is 1. The Hall–Kier alpha value is -2.57. The number of carbonyl (C=O) groups excluding carboxylic acids is 1. The molecule has 0 radical (unpaired) electrons. The molecule has 1 aromatic heterocycles. The molecule has 1 N–H and O–H groups in total. The van der Waals surface area contributed by atoms with Crippen LogP contribution in [0.15, 0.2) is 70.4 Å². The molecule has 1 amide bonds. The van der Waals surface area contributed by atoms with E-state index >= 15 is 0 Å². The zero-order chi connectivity index (χ0) is 19.2. The minimum Gasteiger partial charge on any atom is -0.350 e. The maximum absolute atomic E-state index is 12.2. The second kappa shape index (κ2) is 8.88. The van der Waals surface area contributed by atoms with Crippen LogP contribution in [-0.4, -0.2) is 21.9 Å². The van der Waals surface area contributed by atoms with Gasteiger partial charge in [0.15, 0.2) is 0 Å². The van der Waals surface area contributed by atoms with Gasteiger partial charge in [-0.3, -0.25) is 9.59 Å². The molecule has 0 bridgehead atoms. The molecular formula is C20H18ClN3O2S. The van der Waals surface area contributed by atoms with Gasteiger partial charge in [-0.05, 0) is 42.2 Å². The molecule has 138 valence electrons. The fraction of sp³-hybridized carbons (Fsp3) is 0.150. The molecule has 2 aromatic carbocycles. The first-order chi connectivity index (χ1) is 13.0. The lowest BCUT2D eigenvalue weighted by atomic mass is 10.1. The Morgan fingerprint density at radius 1 is 1.15 bits per heavy atom. The molecule has 3 rings (SSSR count). The highest BCUT2D eigenvalue weighted by atomic mass is 35.5. The molecule has 1 heterocycles. The van der Waals surface area contributed by atoms with Crippen LogP contribution in [0.25, 0.3) is 11.3 Å². The number of hydrogen-bond donors (Lipinski definition) is 1. The van der Waals surface area contributed by atoms with Gasteiger partial charge in [0.25, 0.3) is 5.56 Å². The average Bonchev–Trinajstić information content (AvgIpc) is 2.68. The Morgan fingerprint density at radius 2 is 1.93 bits per heavy atom. The van der Waals surface area contributed by atoms with Gasteiger partial charge in [-0.25, -0.2) is 4.68 Å². The Morgan fingerprint density at radius 3 is 2.63 bits per heavy atom. The largest absolute Gasteiger partial charge is 0.350 e. The molecule has 0 unspecified atom stereocenters. The Labute approximate surface area is 166 Å². The summed E-state index contributed by atoms with van der Waals surface area (Å²) in [4.78, 5) is 25.4. The van der Waals surface area contributed by atoms with E-state index in [0.29, 0.717) is 17.3 Å². The maximum Gasteiger partial charge on any atom is 0.267 e. The van der Waals surface area contributed by atoms with Crippen molar-refractivity contribution >= 4 is 29.3 Å². The lowest BCUT2D eigenvalue weighted by Gasteiger charge is -2.09. The van der Waals surface area contributed by atoms with Gasteiger partial charge < -0.3 is 5.32 Å². The van der Waals surface area contributed by atoms with Crippen LogP contribution in [0, 0.1) is 0 Å². The first-order valence-corrected chi connectivity index (χ1v) is 9.89. The van der Waals surface area contributed by atoms with Gasteiger partial charge in [0, 0.05) is 28.1 Å². The molecule has 7 heteroatoms. The number of nitrogens with zero attached hydrogens (tertiary/aromatic N) is 2. The molecule has 0 atom stereocenters. The smallest absolute Gasteiger partial charge is 0.267 e. The minimum atomic E-state index is -0.322. The monoisotopic (exact) mass is 399 g/mol. The molecule has 0 aliphatic heterocycles. The number of thioether (sulfide) groups is 1. The fourth-order valence-electron chi connectivity index (χ4n) is 2.52. The molecule has 5 nitrogen and oxygen atoms in total. The molecular weight excluding hydrogens is 382 g/mol. The first kappa shape index (κ1) is 19.2. The summed E-state index contributed by atoms with van der Waals surface area (Å²) >= 11 is 7.59. The summed E-state index contributed by atoms with van der Waals surface area (Å²) in [7, 11) is 0. The summed E-state index contributed by atoms with van der Waals surface area (Å²) < 4.78 is 1.17. The van der Waals surface area contributed by atoms with Gasteiger partial charge in [0.05, 0.1) is 5.69 Å². The predicted octanol–water partition coefficient (Wildman–Crippen LogP) is 3.60. The van der Waals surface area contributed by atoms with E-state index in [1.54, 1.807) is 30.0 Å². The molecule has 0 fully saturated rings. The molecule has 0 aliphatic carbocycles. The van der Waals surface area contributed by atoms with Gasteiger partial charge in [-0.15, -0.1) is 11.8 Å². The van der Waals surface area contributed by atoms with Crippen LogP contribution in [0.2, 0.25) is 5.02 Å². The third-order valence-corrected chi connectivity index (χ3v) is 4.90. The number of carbonyl (C=O) groups is 1. The van der Waals surface area contributed by atoms with Gasteiger partial charge >= 0.3 is 0 Å². The topological polar surface area (TPSA) is 64.0 Å². The number of rotatable bonds is 6. The van der Waals surface area contributed by atoms with Crippen molar-refractivity contribution in [2.75, 3.05) is 6.26 Å². The van der Waals surface area contributed by atoms with Crippen molar-refractivity contribution in [2.24, 2.45) is 0 Å². The third-order valence-electron chi connectivity index (χ3n) is 3.92. The van der Waals surface area contributed by atoms with Crippen molar-refractivity contribution in [3.63, 3.8) is 0 Å². The van der Waals surface area contributed by atoms with Crippen LogP contribution in [0.4, 0.5) is 0 Å². The van der Waals surface area contributed by atoms with E-state index in [1.807, 2.05) is 42.7 Å². The second-order valence-corrected chi connectivity index (χ2v) is 7.17. The van der Waals surface area contributed by atoms with Crippen molar-refractivity contribution in [3.05, 3.63) is 81.6 Å². The lowest BCUT2D eigenvalue weighted by molar-refractivity contribution is -0.122. The highest BCUT2D eigenvalue weighted by Crippen LogP contribution is 2.20. The van der Waals surface area contributed by atoms with E-state index in [-0.39, 0.29) is 18.0 Å². The standard InChI is InChI=1S/C20H18ClN3O2S/c1-27-17-7-5-15(6-8-17)18-9-10-20(26)24(23-18)13-19(25)22-12-14-3-2-4-16(21)11-14/h2-11H,12-13H2,1H3,(H,22,25). The number of amides is 1. The van der Waals surface area contributed by atoms with Crippen LogP contribution in [0.3, 0.4) is 0 Å².